The van der Waals surface area contributed by atoms with Crippen LogP contribution in [-0.2, 0) is 9.53 Å². The highest BCUT2D eigenvalue weighted by Gasteiger charge is 2.26. The Hall–Kier alpha value is -0.890. The first-order chi connectivity index (χ1) is 7.72. The van der Waals surface area contributed by atoms with Crippen LogP contribution in [-0.4, -0.2) is 48.8 Å². The third kappa shape index (κ3) is 10.0. The van der Waals surface area contributed by atoms with E-state index in [0.717, 1.165) is 0 Å². The zero-order valence-corrected chi connectivity index (χ0v) is 10.2. The fourth-order valence-electron chi connectivity index (χ4n) is 0.860. The molecule has 0 saturated heterocycles. The number of ether oxygens (including phenoxy) is 1. The second-order valence-electron chi connectivity index (χ2n) is 3.45. The van der Waals surface area contributed by atoms with Gasteiger partial charge >= 0.3 is 6.18 Å². The second kappa shape index (κ2) is 7.44. The lowest BCUT2D eigenvalue weighted by Gasteiger charge is -2.16. The maximum absolute atomic E-state index is 11.7. The molecule has 0 aliphatic rings. The number of carbonyl (C=O) groups excluding carboxylic acids is 1. The first-order valence-electron chi connectivity index (χ1n) is 4.89. The summed E-state index contributed by atoms with van der Waals surface area (Å²) in [4.78, 5) is 12.9. The number of hydrogen-bond donors (Lipinski definition) is 1. The first kappa shape index (κ1) is 16.1. The molecule has 0 aromatic heterocycles. The lowest BCUT2D eigenvalue weighted by atomic mass is 10.4. The van der Waals surface area contributed by atoms with Crippen molar-refractivity contribution in [3.05, 3.63) is 0 Å². The summed E-state index contributed by atoms with van der Waals surface area (Å²) in [5.41, 5.74) is 5.25. The van der Waals surface area contributed by atoms with Crippen molar-refractivity contribution in [2.45, 2.75) is 19.0 Å². The average molecular weight is 272 g/mol. The number of nitrogens with two attached hydrogens (primary N) is 1. The molecule has 100 valence electrons. The molecule has 0 saturated carbocycles. The summed E-state index contributed by atoms with van der Waals surface area (Å²) in [7, 11) is 1.51. The zero-order valence-electron chi connectivity index (χ0n) is 9.42. The maximum Gasteiger partial charge on any atom is 0.391 e. The molecule has 0 aromatic carbocycles. The van der Waals surface area contributed by atoms with Gasteiger partial charge in [0, 0.05) is 20.0 Å². The van der Waals surface area contributed by atoms with Gasteiger partial charge in [-0.3, -0.25) is 4.79 Å². The quantitative estimate of drug-likeness (QED) is 0.557. The van der Waals surface area contributed by atoms with Gasteiger partial charge in [0.05, 0.1) is 18.0 Å². The molecule has 0 rings (SSSR count). The molecule has 0 fully saturated rings. The van der Waals surface area contributed by atoms with Crippen molar-refractivity contribution in [3.63, 3.8) is 0 Å². The van der Waals surface area contributed by atoms with Gasteiger partial charge in [-0.2, -0.15) is 13.2 Å². The van der Waals surface area contributed by atoms with Gasteiger partial charge < -0.3 is 15.4 Å². The van der Waals surface area contributed by atoms with Crippen LogP contribution in [0.3, 0.4) is 0 Å². The van der Waals surface area contributed by atoms with Crippen LogP contribution in [0.4, 0.5) is 13.2 Å². The van der Waals surface area contributed by atoms with Crippen LogP contribution in [0, 0.1) is 0 Å². The molecule has 17 heavy (non-hydrogen) atoms. The summed E-state index contributed by atoms with van der Waals surface area (Å²) in [6.07, 6.45) is -4.95. The fourth-order valence-corrected chi connectivity index (χ4v) is 0.951. The summed E-state index contributed by atoms with van der Waals surface area (Å²) in [5, 5.41) is 0. The molecular formula is C9H15F3N2O2S. The van der Waals surface area contributed by atoms with E-state index in [0.29, 0.717) is 13.0 Å². The van der Waals surface area contributed by atoms with Crippen molar-refractivity contribution in [2.75, 3.05) is 26.8 Å². The second-order valence-corrected chi connectivity index (χ2v) is 3.97. The Morgan fingerprint density at radius 3 is 2.53 bits per heavy atom. The van der Waals surface area contributed by atoms with Crippen LogP contribution >= 0.6 is 12.2 Å². The molecule has 0 spiro atoms. The molecule has 0 heterocycles. The van der Waals surface area contributed by atoms with Crippen molar-refractivity contribution in [3.8, 4) is 0 Å². The molecule has 0 atom stereocenters. The third-order valence-electron chi connectivity index (χ3n) is 1.87. The van der Waals surface area contributed by atoms with E-state index in [1.54, 1.807) is 0 Å². The predicted molar refractivity (Wildman–Crippen MR) is 60.5 cm³/mol. The van der Waals surface area contributed by atoms with E-state index in [4.69, 9.17) is 5.73 Å². The Labute approximate surface area is 103 Å². The minimum absolute atomic E-state index is 0.280. The summed E-state index contributed by atoms with van der Waals surface area (Å²) in [5.74, 6) is -0.400. The Morgan fingerprint density at radius 1 is 1.47 bits per heavy atom. The van der Waals surface area contributed by atoms with Gasteiger partial charge in [-0.1, -0.05) is 12.2 Å². The molecule has 4 nitrogen and oxygen atoms in total. The monoisotopic (exact) mass is 272 g/mol. The molecule has 2 N–H and O–H groups in total. The van der Waals surface area contributed by atoms with Gasteiger partial charge in [0.1, 0.15) is 6.61 Å². The number of hydrogen-bond acceptors (Lipinski definition) is 3. The van der Waals surface area contributed by atoms with E-state index in [9.17, 15) is 18.0 Å². The van der Waals surface area contributed by atoms with Crippen molar-refractivity contribution in [2.24, 2.45) is 5.73 Å². The van der Waals surface area contributed by atoms with Crippen molar-refractivity contribution in [1.29, 1.82) is 0 Å². The molecule has 0 unspecified atom stereocenters. The highest BCUT2D eigenvalue weighted by Crippen LogP contribution is 2.18. The lowest BCUT2D eigenvalue weighted by Crippen LogP contribution is -2.33. The van der Waals surface area contributed by atoms with Crippen LogP contribution in [0.15, 0.2) is 0 Å². The standard InChI is InChI=1S/C9H15F3N2O2S/c1-14(4-2-7(13)17)8(15)6-16-5-3-9(10,11)12/h2-6H2,1H3,(H2,13,17). The van der Waals surface area contributed by atoms with Crippen molar-refractivity contribution < 1.29 is 22.7 Å². The van der Waals surface area contributed by atoms with E-state index in [-0.39, 0.29) is 11.6 Å². The van der Waals surface area contributed by atoms with Crippen LogP contribution in [0.5, 0.6) is 0 Å². The number of thiocarbonyl (C=S) groups is 1. The Balaban J connectivity index is 3.68. The predicted octanol–water partition coefficient (Wildman–Crippen LogP) is 1.09. The molecule has 0 bridgehead atoms. The molecule has 8 heteroatoms. The highest BCUT2D eigenvalue weighted by atomic mass is 32.1. The van der Waals surface area contributed by atoms with Gasteiger partial charge in [-0.25, -0.2) is 0 Å². The Bertz CT molecular complexity index is 271. The smallest absolute Gasteiger partial charge is 0.391 e. The number of nitrogens with zero attached hydrogens (tertiary/aromatic N) is 1. The number of carbonyl (C=O) groups is 1. The highest BCUT2D eigenvalue weighted by molar-refractivity contribution is 7.80. The van der Waals surface area contributed by atoms with E-state index in [2.05, 4.69) is 17.0 Å². The number of alkyl halides is 3. The Kier molecular flexibility index (Phi) is 7.05. The largest absolute Gasteiger partial charge is 0.393 e. The third-order valence-corrected chi connectivity index (χ3v) is 2.08. The number of likely N-dealkylation sites (N-methyl/N-ethyl adjacent to an activating group) is 1. The summed E-state index contributed by atoms with van der Waals surface area (Å²) in [6, 6.07) is 0. The minimum Gasteiger partial charge on any atom is -0.393 e. The molecule has 1 amide bonds. The van der Waals surface area contributed by atoms with Gasteiger partial charge in [0.2, 0.25) is 5.91 Å². The van der Waals surface area contributed by atoms with E-state index >= 15 is 0 Å². The summed E-state index contributed by atoms with van der Waals surface area (Å²) in [6.45, 7) is -0.556. The van der Waals surface area contributed by atoms with E-state index < -0.39 is 25.1 Å². The molecule has 0 radical (unpaired) electrons. The SMILES string of the molecule is CN(CCC(N)=S)C(=O)COCCC(F)(F)F. The number of rotatable bonds is 7. The van der Waals surface area contributed by atoms with Crippen molar-refractivity contribution in [1.82, 2.24) is 4.90 Å². The van der Waals surface area contributed by atoms with Crippen LogP contribution in [0.2, 0.25) is 0 Å². The molecule has 0 aliphatic carbocycles. The van der Waals surface area contributed by atoms with Crippen LogP contribution in [0.1, 0.15) is 12.8 Å². The molecular weight excluding hydrogens is 257 g/mol. The van der Waals surface area contributed by atoms with Gasteiger partial charge in [-0.05, 0) is 0 Å². The van der Waals surface area contributed by atoms with Gasteiger partial charge in [0.15, 0.2) is 0 Å². The Morgan fingerprint density at radius 2 is 2.06 bits per heavy atom. The minimum atomic E-state index is -4.26. The van der Waals surface area contributed by atoms with E-state index in [1.165, 1.54) is 11.9 Å². The summed E-state index contributed by atoms with van der Waals surface area (Å²) < 4.78 is 39.9. The fraction of sp³-hybridized carbons (Fsp3) is 0.778. The topological polar surface area (TPSA) is 55.6 Å². The summed E-state index contributed by atoms with van der Waals surface area (Å²) >= 11 is 4.63. The van der Waals surface area contributed by atoms with Crippen LogP contribution in [0.25, 0.3) is 0 Å². The normalized spacial score (nSPS) is 11.3. The number of halogens is 3. The zero-order chi connectivity index (χ0) is 13.5. The number of amides is 1. The molecule has 0 aliphatic heterocycles. The maximum atomic E-state index is 11.7. The lowest BCUT2D eigenvalue weighted by molar-refractivity contribution is -0.151. The molecule has 0 aromatic rings. The van der Waals surface area contributed by atoms with Crippen LogP contribution < -0.4 is 5.73 Å². The first-order valence-corrected chi connectivity index (χ1v) is 5.30. The van der Waals surface area contributed by atoms with Gasteiger partial charge in [-0.15, -0.1) is 0 Å². The average Bonchev–Trinajstić information content (AvgIpc) is 2.19. The van der Waals surface area contributed by atoms with E-state index in [1.807, 2.05) is 0 Å². The van der Waals surface area contributed by atoms with Gasteiger partial charge in [0.25, 0.3) is 0 Å². The van der Waals surface area contributed by atoms with Crippen molar-refractivity contribution >= 4 is 23.1 Å².